The fourth-order valence-electron chi connectivity index (χ4n) is 3.81. The lowest BCUT2D eigenvalue weighted by Gasteiger charge is -2.40. The Morgan fingerprint density at radius 3 is 2.29 bits per heavy atom. The minimum absolute atomic E-state index is 0.0288. The molecule has 28 heavy (non-hydrogen) atoms. The number of nitrogens with zero attached hydrogens (tertiary/aromatic N) is 4. The number of piperazine rings is 2. The minimum Gasteiger partial charge on any atom is -0.339 e. The molecule has 2 fully saturated rings. The lowest BCUT2D eigenvalue weighted by atomic mass is 10.2. The maximum absolute atomic E-state index is 13.4. The van der Waals surface area contributed by atoms with Crippen LogP contribution in [0, 0.1) is 5.82 Å². The lowest BCUT2D eigenvalue weighted by molar-refractivity contribution is -0.138. The number of rotatable bonds is 5. The van der Waals surface area contributed by atoms with Crippen LogP contribution in [-0.4, -0.2) is 98.3 Å². The molecule has 1 aromatic rings. The Morgan fingerprint density at radius 2 is 1.71 bits per heavy atom. The first kappa shape index (κ1) is 21.2. The van der Waals surface area contributed by atoms with Gasteiger partial charge in [-0.2, -0.15) is 4.31 Å². The van der Waals surface area contributed by atoms with Crippen LogP contribution in [0.5, 0.6) is 0 Å². The van der Waals surface area contributed by atoms with Gasteiger partial charge in [-0.3, -0.25) is 9.69 Å². The number of benzene rings is 1. The van der Waals surface area contributed by atoms with Crippen molar-refractivity contribution in [1.82, 2.24) is 19.0 Å². The number of likely N-dealkylation sites (N-methyl/N-ethyl adjacent to an activating group) is 1. The van der Waals surface area contributed by atoms with E-state index in [1.807, 2.05) is 16.7 Å². The summed E-state index contributed by atoms with van der Waals surface area (Å²) >= 11 is 0. The first-order chi connectivity index (χ1) is 13.3. The third-order valence-electron chi connectivity index (χ3n) is 5.74. The molecule has 0 bridgehead atoms. The Hall–Kier alpha value is -1.55. The fourth-order valence-corrected chi connectivity index (χ4v) is 5.27. The molecule has 0 aliphatic carbocycles. The molecule has 2 aliphatic heterocycles. The molecule has 1 amide bonds. The second-order valence-corrected chi connectivity index (χ2v) is 9.27. The molecular weight excluding hydrogens is 383 g/mol. The third-order valence-corrected chi connectivity index (χ3v) is 7.64. The number of hydrogen-bond acceptors (Lipinski definition) is 5. The number of halogens is 1. The largest absolute Gasteiger partial charge is 0.339 e. The van der Waals surface area contributed by atoms with Crippen molar-refractivity contribution >= 4 is 15.9 Å². The van der Waals surface area contributed by atoms with Crippen molar-refractivity contribution in [2.45, 2.75) is 24.8 Å². The van der Waals surface area contributed by atoms with Crippen molar-refractivity contribution < 1.29 is 17.6 Å². The van der Waals surface area contributed by atoms with Gasteiger partial charge >= 0.3 is 0 Å². The molecule has 2 saturated heterocycles. The summed E-state index contributed by atoms with van der Waals surface area (Å²) in [6.07, 6.45) is 0. The van der Waals surface area contributed by atoms with Crippen LogP contribution in [0.25, 0.3) is 0 Å². The molecule has 0 saturated carbocycles. The monoisotopic (exact) mass is 412 g/mol. The summed E-state index contributed by atoms with van der Waals surface area (Å²) in [5.41, 5.74) is 0. The molecular formula is C19H29FN4O3S. The lowest BCUT2D eigenvalue weighted by Crippen LogP contribution is -2.57. The Bertz CT molecular complexity index is 788. The maximum Gasteiger partial charge on any atom is 0.243 e. The summed E-state index contributed by atoms with van der Waals surface area (Å²) in [4.78, 5) is 19.1. The minimum atomic E-state index is -3.72. The van der Waals surface area contributed by atoms with E-state index >= 15 is 0 Å². The summed E-state index contributed by atoms with van der Waals surface area (Å²) in [7, 11) is -3.72. The van der Waals surface area contributed by atoms with Crippen LogP contribution >= 0.6 is 0 Å². The predicted octanol–water partition coefficient (Wildman–Crippen LogP) is 0.685. The first-order valence-corrected chi connectivity index (χ1v) is 11.3. The van der Waals surface area contributed by atoms with Crippen LogP contribution in [-0.2, 0) is 14.8 Å². The van der Waals surface area contributed by atoms with Crippen molar-refractivity contribution in [3.05, 3.63) is 30.1 Å². The van der Waals surface area contributed by atoms with Gasteiger partial charge in [-0.1, -0.05) is 13.0 Å². The standard InChI is InChI=1S/C19H29FN4O3S/c1-3-21-7-9-23(10-8-21)19(25)16(2)22-11-13-24(14-12-22)28(26,27)18-6-4-5-17(20)15-18/h4-6,15-16H,3,7-14H2,1-2H3. The van der Waals surface area contributed by atoms with Gasteiger partial charge in [-0.25, -0.2) is 12.8 Å². The number of amides is 1. The van der Waals surface area contributed by atoms with E-state index in [4.69, 9.17) is 0 Å². The van der Waals surface area contributed by atoms with E-state index in [-0.39, 0.29) is 16.8 Å². The number of carbonyl (C=O) groups excluding carboxylic acids is 1. The zero-order valence-electron chi connectivity index (χ0n) is 16.6. The molecule has 156 valence electrons. The highest BCUT2D eigenvalue weighted by Gasteiger charge is 2.33. The number of hydrogen-bond donors (Lipinski definition) is 0. The van der Waals surface area contributed by atoms with Gasteiger partial charge in [-0.15, -0.1) is 0 Å². The van der Waals surface area contributed by atoms with Crippen molar-refractivity contribution in [2.75, 3.05) is 58.9 Å². The van der Waals surface area contributed by atoms with E-state index in [1.165, 1.54) is 22.5 Å². The van der Waals surface area contributed by atoms with Crippen LogP contribution in [0.2, 0.25) is 0 Å². The highest BCUT2D eigenvalue weighted by atomic mass is 32.2. The second kappa shape index (κ2) is 8.86. The van der Waals surface area contributed by atoms with E-state index < -0.39 is 15.8 Å². The van der Waals surface area contributed by atoms with Crippen LogP contribution in [0.1, 0.15) is 13.8 Å². The smallest absolute Gasteiger partial charge is 0.243 e. The fraction of sp³-hybridized carbons (Fsp3) is 0.632. The molecule has 1 unspecified atom stereocenters. The van der Waals surface area contributed by atoms with Gasteiger partial charge in [0.1, 0.15) is 5.82 Å². The van der Waals surface area contributed by atoms with Gasteiger partial charge < -0.3 is 9.80 Å². The van der Waals surface area contributed by atoms with Gasteiger partial charge in [0.05, 0.1) is 10.9 Å². The van der Waals surface area contributed by atoms with Crippen LogP contribution < -0.4 is 0 Å². The van der Waals surface area contributed by atoms with Gasteiger partial charge in [-0.05, 0) is 31.7 Å². The molecule has 7 nitrogen and oxygen atoms in total. The highest BCUT2D eigenvalue weighted by molar-refractivity contribution is 7.89. The molecule has 2 aliphatic rings. The zero-order chi connectivity index (χ0) is 20.3. The summed E-state index contributed by atoms with van der Waals surface area (Å²) in [5.74, 6) is -0.459. The molecule has 2 heterocycles. The third kappa shape index (κ3) is 4.53. The summed E-state index contributed by atoms with van der Waals surface area (Å²) < 4.78 is 40.2. The van der Waals surface area contributed by atoms with Crippen LogP contribution in [0.4, 0.5) is 4.39 Å². The van der Waals surface area contributed by atoms with Crippen molar-refractivity contribution in [1.29, 1.82) is 0 Å². The maximum atomic E-state index is 13.4. The molecule has 1 aromatic carbocycles. The Morgan fingerprint density at radius 1 is 1.07 bits per heavy atom. The zero-order valence-corrected chi connectivity index (χ0v) is 17.4. The van der Waals surface area contributed by atoms with Crippen molar-refractivity contribution in [3.63, 3.8) is 0 Å². The number of carbonyl (C=O) groups is 1. The van der Waals surface area contributed by atoms with Gasteiger partial charge in [0.2, 0.25) is 15.9 Å². The van der Waals surface area contributed by atoms with E-state index in [9.17, 15) is 17.6 Å². The van der Waals surface area contributed by atoms with E-state index in [0.29, 0.717) is 26.2 Å². The van der Waals surface area contributed by atoms with E-state index in [2.05, 4.69) is 11.8 Å². The summed E-state index contributed by atoms with van der Waals surface area (Å²) in [6, 6.07) is 4.81. The average Bonchev–Trinajstić information content (AvgIpc) is 2.73. The van der Waals surface area contributed by atoms with E-state index in [0.717, 1.165) is 38.8 Å². The van der Waals surface area contributed by atoms with Gasteiger partial charge in [0.15, 0.2) is 0 Å². The molecule has 9 heteroatoms. The SMILES string of the molecule is CCN1CCN(C(=O)C(C)N2CCN(S(=O)(=O)c3cccc(F)c3)CC2)CC1. The van der Waals surface area contributed by atoms with Gasteiger partial charge in [0, 0.05) is 52.4 Å². The molecule has 0 N–H and O–H groups in total. The van der Waals surface area contributed by atoms with Crippen molar-refractivity contribution in [2.24, 2.45) is 0 Å². The van der Waals surface area contributed by atoms with Crippen molar-refractivity contribution in [3.8, 4) is 0 Å². The second-order valence-electron chi connectivity index (χ2n) is 7.33. The normalized spacial score (nSPS) is 21.6. The van der Waals surface area contributed by atoms with Gasteiger partial charge in [0.25, 0.3) is 0 Å². The average molecular weight is 413 g/mol. The molecule has 1 atom stereocenters. The first-order valence-electron chi connectivity index (χ1n) is 9.84. The van der Waals surface area contributed by atoms with Crippen LogP contribution in [0.3, 0.4) is 0 Å². The van der Waals surface area contributed by atoms with Crippen LogP contribution in [0.15, 0.2) is 29.2 Å². The highest BCUT2D eigenvalue weighted by Crippen LogP contribution is 2.19. The van der Waals surface area contributed by atoms with E-state index in [1.54, 1.807) is 0 Å². The molecule has 0 radical (unpaired) electrons. The molecule has 0 spiro atoms. The Labute approximate surface area is 166 Å². The number of sulfonamides is 1. The summed E-state index contributed by atoms with van der Waals surface area (Å²) in [6.45, 7) is 9.84. The predicted molar refractivity (Wildman–Crippen MR) is 105 cm³/mol. The molecule has 3 rings (SSSR count). The molecule has 0 aromatic heterocycles. The summed E-state index contributed by atoms with van der Waals surface area (Å²) in [5, 5.41) is 0. The Kier molecular flexibility index (Phi) is 6.69. The Balaban J connectivity index is 1.56. The topological polar surface area (TPSA) is 64.2 Å². The quantitative estimate of drug-likeness (QED) is 0.712.